The van der Waals surface area contributed by atoms with Crippen molar-refractivity contribution >= 4 is 11.5 Å². The average Bonchev–Trinajstić information content (AvgIpc) is 2.69. The maximum Gasteiger partial charge on any atom is 0.312 e. The van der Waals surface area contributed by atoms with Gasteiger partial charge in [0.15, 0.2) is 0 Å². The van der Waals surface area contributed by atoms with Gasteiger partial charge in [0.25, 0.3) is 0 Å². The van der Waals surface area contributed by atoms with E-state index in [9.17, 15) is 10.1 Å². The Bertz CT molecular complexity index is 606. The Morgan fingerprint density at radius 3 is 2.67 bits per heavy atom. The first kappa shape index (κ1) is 12.0. The number of anilines is 1. The van der Waals surface area contributed by atoms with Crippen LogP contribution in [-0.2, 0) is 0 Å². The largest absolute Gasteiger partial charge is 0.312 e. The van der Waals surface area contributed by atoms with Crippen LogP contribution in [-0.4, -0.2) is 19.5 Å². The number of nitrogens with one attached hydrogen (secondary N) is 1. The number of nitrogens with zero attached hydrogens (tertiary/aromatic N) is 4. The second kappa shape index (κ2) is 4.41. The number of pyridine rings is 1. The van der Waals surface area contributed by atoms with Crippen LogP contribution in [0, 0.1) is 24.0 Å². The van der Waals surface area contributed by atoms with E-state index in [0.717, 1.165) is 11.4 Å². The topological polar surface area (TPSA) is 112 Å². The third kappa shape index (κ3) is 1.89. The summed E-state index contributed by atoms with van der Waals surface area (Å²) >= 11 is 0. The molecule has 0 aliphatic rings. The lowest BCUT2D eigenvalue weighted by Crippen LogP contribution is -2.11. The number of nitrogens with two attached hydrogens (primary N) is 1. The molecule has 0 unspecified atom stereocenters. The van der Waals surface area contributed by atoms with E-state index >= 15 is 0 Å². The fraction of sp³-hybridized carbons (Fsp3) is 0.200. The molecule has 0 saturated carbocycles. The molecule has 2 aromatic rings. The summed E-state index contributed by atoms with van der Waals surface area (Å²) in [6, 6.07) is 2.80. The van der Waals surface area contributed by atoms with Gasteiger partial charge in [0, 0.05) is 11.8 Å². The molecule has 0 fully saturated rings. The standard InChI is InChI=1S/C10H12N6O2/c1-6-7(2)15(5-12-6)10-8(16(17)18)3-4-9(13-10)14-11/h3-5H,11H2,1-2H3,(H,13,14). The lowest BCUT2D eigenvalue weighted by molar-refractivity contribution is -0.384. The number of hydrogen-bond acceptors (Lipinski definition) is 6. The SMILES string of the molecule is Cc1ncn(-c2nc(NN)ccc2[N+](=O)[O-])c1C. The van der Waals surface area contributed by atoms with Gasteiger partial charge < -0.3 is 5.43 Å². The minimum Gasteiger partial charge on any atom is -0.308 e. The highest BCUT2D eigenvalue weighted by molar-refractivity contribution is 5.53. The second-order valence-corrected chi connectivity index (χ2v) is 3.73. The summed E-state index contributed by atoms with van der Waals surface area (Å²) in [5.74, 6) is 5.80. The fourth-order valence-electron chi connectivity index (χ4n) is 1.55. The van der Waals surface area contributed by atoms with Crippen LogP contribution in [0.3, 0.4) is 0 Å². The minimum absolute atomic E-state index is 0.102. The Morgan fingerprint density at radius 2 is 2.17 bits per heavy atom. The summed E-state index contributed by atoms with van der Waals surface area (Å²) in [5, 5.41) is 11.0. The smallest absolute Gasteiger partial charge is 0.308 e. The number of rotatable bonds is 3. The Hall–Kier alpha value is -2.48. The van der Waals surface area contributed by atoms with E-state index in [1.165, 1.54) is 18.5 Å². The van der Waals surface area contributed by atoms with Gasteiger partial charge in [-0.1, -0.05) is 0 Å². The number of hydrazine groups is 1. The molecule has 0 atom stereocenters. The maximum atomic E-state index is 11.0. The summed E-state index contributed by atoms with van der Waals surface area (Å²) in [6.45, 7) is 3.64. The highest BCUT2D eigenvalue weighted by Crippen LogP contribution is 2.24. The van der Waals surface area contributed by atoms with E-state index in [-0.39, 0.29) is 11.5 Å². The lowest BCUT2D eigenvalue weighted by Gasteiger charge is -2.07. The molecule has 0 amide bonds. The van der Waals surface area contributed by atoms with Crippen LogP contribution in [0.1, 0.15) is 11.4 Å². The van der Waals surface area contributed by atoms with Crippen molar-refractivity contribution in [2.45, 2.75) is 13.8 Å². The molecule has 3 N–H and O–H groups in total. The quantitative estimate of drug-likeness (QED) is 0.477. The van der Waals surface area contributed by atoms with E-state index in [1.807, 2.05) is 13.8 Å². The molecule has 0 bridgehead atoms. The van der Waals surface area contributed by atoms with Crippen LogP contribution in [0.2, 0.25) is 0 Å². The zero-order valence-electron chi connectivity index (χ0n) is 9.91. The van der Waals surface area contributed by atoms with E-state index in [0.29, 0.717) is 5.82 Å². The molecule has 0 aliphatic heterocycles. The van der Waals surface area contributed by atoms with E-state index in [1.54, 1.807) is 4.57 Å². The van der Waals surface area contributed by atoms with E-state index in [4.69, 9.17) is 5.84 Å². The summed E-state index contributed by atoms with van der Waals surface area (Å²) in [7, 11) is 0. The van der Waals surface area contributed by atoms with Crippen molar-refractivity contribution in [3.05, 3.63) is 40.0 Å². The molecular weight excluding hydrogens is 236 g/mol. The predicted octanol–water partition coefficient (Wildman–Crippen LogP) is 1.08. The number of nitro groups is 1. The molecule has 2 aromatic heterocycles. The second-order valence-electron chi connectivity index (χ2n) is 3.73. The predicted molar refractivity (Wildman–Crippen MR) is 65.3 cm³/mol. The van der Waals surface area contributed by atoms with Gasteiger partial charge in [0.2, 0.25) is 5.82 Å². The number of nitrogen functional groups attached to an aromatic ring is 1. The van der Waals surface area contributed by atoms with Crippen molar-refractivity contribution in [2.24, 2.45) is 5.84 Å². The average molecular weight is 248 g/mol. The normalized spacial score (nSPS) is 10.4. The molecule has 0 saturated heterocycles. The van der Waals surface area contributed by atoms with E-state index < -0.39 is 4.92 Å². The van der Waals surface area contributed by atoms with Gasteiger partial charge in [0.05, 0.1) is 10.6 Å². The Balaban J connectivity index is 2.67. The van der Waals surface area contributed by atoms with Crippen molar-refractivity contribution < 1.29 is 4.92 Å². The molecule has 8 nitrogen and oxygen atoms in total. The van der Waals surface area contributed by atoms with E-state index in [2.05, 4.69) is 15.4 Å². The van der Waals surface area contributed by atoms with Gasteiger partial charge in [-0.15, -0.1) is 0 Å². The van der Waals surface area contributed by atoms with Crippen LogP contribution < -0.4 is 11.3 Å². The Labute approximate surface area is 103 Å². The number of imidazole rings is 1. The molecule has 94 valence electrons. The molecule has 2 rings (SSSR count). The number of aryl methyl sites for hydroxylation is 1. The molecule has 0 aromatic carbocycles. The first-order valence-electron chi connectivity index (χ1n) is 5.17. The summed E-state index contributed by atoms with van der Waals surface area (Å²) in [6.07, 6.45) is 1.50. The highest BCUT2D eigenvalue weighted by Gasteiger charge is 2.19. The maximum absolute atomic E-state index is 11.0. The summed E-state index contributed by atoms with van der Waals surface area (Å²) < 4.78 is 1.56. The third-order valence-corrected chi connectivity index (χ3v) is 2.68. The molecular formula is C10H12N6O2. The highest BCUT2D eigenvalue weighted by atomic mass is 16.6. The Kier molecular flexibility index (Phi) is 2.94. The summed E-state index contributed by atoms with van der Waals surface area (Å²) in [4.78, 5) is 18.7. The zero-order valence-corrected chi connectivity index (χ0v) is 9.91. The number of hydrogen-bond donors (Lipinski definition) is 2. The zero-order chi connectivity index (χ0) is 13.3. The van der Waals surface area contributed by atoms with Crippen LogP contribution in [0.15, 0.2) is 18.5 Å². The Morgan fingerprint density at radius 1 is 1.44 bits per heavy atom. The first-order chi connectivity index (χ1) is 8.54. The van der Waals surface area contributed by atoms with Crippen molar-refractivity contribution in [3.63, 3.8) is 0 Å². The first-order valence-corrected chi connectivity index (χ1v) is 5.17. The van der Waals surface area contributed by atoms with Gasteiger partial charge in [-0.05, 0) is 19.9 Å². The van der Waals surface area contributed by atoms with Crippen LogP contribution in [0.25, 0.3) is 5.82 Å². The third-order valence-electron chi connectivity index (χ3n) is 2.68. The molecule has 2 heterocycles. The molecule has 0 spiro atoms. The van der Waals surface area contributed by atoms with Crippen LogP contribution in [0.4, 0.5) is 11.5 Å². The van der Waals surface area contributed by atoms with Gasteiger partial charge in [0.1, 0.15) is 12.1 Å². The monoisotopic (exact) mass is 248 g/mol. The number of aromatic nitrogens is 3. The minimum atomic E-state index is -0.489. The van der Waals surface area contributed by atoms with Crippen molar-refractivity contribution in [3.8, 4) is 5.82 Å². The van der Waals surface area contributed by atoms with Gasteiger partial charge in [-0.3, -0.25) is 14.7 Å². The lowest BCUT2D eigenvalue weighted by atomic mass is 10.3. The van der Waals surface area contributed by atoms with Crippen LogP contribution >= 0.6 is 0 Å². The van der Waals surface area contributed by atoms with Crippen molar-refractivity contribution in [2.75, 3.05) is 5.43 Å². The molecule has 18 heavy (non-hydrogen) atoms. The molecule has 0 radical (unpaired) electrons. The van der Waals surface area contributed by atoms with Gasteiger partial charge in [-0.25, -0.2) is 15.8 Å². The molecule has 8 heteroatoms. The fourth-order valence-corrected chi connectivity index (χ4v) is 1.55. The van der Waals surface area contributed by atoms with Gasteiger partial charge >= 0.3 is 5.69 Å². The molecule has 0 aliphatic carbocycles. The van der Waals surface area contributed by atoms with Crippen molar-refractivity contribution in [1.29, 1.82) is 0 Å². The summed E-state index contributed by atoms with van der Waals surface area (Å²) in [5.41, 5.74) is 3.84. The van der Waals surface area contributed by atoms with Crippen molar-refractivity contribution in [1.82, 2.24) is 14.5 Å². The van der Waals surface area contributed by atoms with Crippen LogP contribution in [0.5, 0.6) is 0 Å². The van der Waals surface area contributed by atoms with Gasteiger partial charge in [-0.2, -0.15) is 0 Å².